The number of nitrogens with two attached hydrogens (primary N) is 1. The zero-order valence-electron chi connectivity index (χ0n) is 9.47. The summed E-state index contributed by atoms with van der Waals surface area (Å²) in [5.74, 6) is -2.34. The van der Waals surface area contributed by atoms with E-state index in [-0.39, 0.29) is 0 Å². The number of hydrogen-bond acceptors (Lipinski definition) is 8. The highest BCUT2D eigenvalue weighted by molar-refractivity contribution is 5.81. The number of aliphatic hydroxyl groups is 4. The van der Waals surface area contributed by atoms with Crippen LogP contribution in [0.5, 0.6) is 0 Å². The molecule has 0 aliphatic heterocycles. The standard InChI is InChI=1S/C9H17NO8/c10-4(1-7(14)15)9(17)18-3-6(13)8(16)5(12)2-11/h4-6,8,11-13,16H,1-3,10H2,(H,14,15)/t4-,5-,6-,8-/m1/s1. The van der Waals surface area contributed by atoms with Crippen molar-refractivity contribution < 1.29 is 39.9 Å². The number of aliphatic hydroxyl groups excluding tert-OH is 4. The van der Waals surface area contributed by atoms with Crippen molar-refractivity contribution in [3.8, 4) is 0 Å². The van der Waals surface area contributed by atoms with Crippen molar-refractivity contribution in [2.75, 3.05) is 13.2 Å². The van der Waals surface area contributed by atoms with Gasteiger partial charge in [0.05, 0.1) is 13.0 Å². The molecule has 0 bridgehead atoms. The normalized spacial score (nSPS) is 17.6. The van der Waals surface area contributed by atoms with Gasteiger partial charge in [0.25, 0.3) is 0 Å². The molecule has 0 aromatic heterocycles. The molecule has 0 saturated heterocycles. The lowest BCUT2D eigenvalue weighted by atomic mass is 10.1. The molecule has 18 heavy (non-hydrogen) atoms. The quantitative estimate of drug-likeness (QED) is 0.243. The molecule has 9 nitrogen and oxygen atoms in total. The first kappa shape index (κ1) is 16.7. The molecule has 0 aliphatic carbocycles. The first-order valence-corrected chi connectivity index (χ1v) is 5.08. The van der Waals surface area contributed by atoms with E-state index in [4.69, 9.17) is 21.1 Å². The van der Waals surface area contributed by atoms with Gasteiger partial charge < -0.3 is 36.0 Å². The van der Waals surface area contributed by atoms with Crippen molar-refractivity contribution in [2.45, 2.75) is 30.8 Å². The highest BCUT2D eigenvalue weighted by Gasteiger charge is 2.26. The van der Waals surface area contributed by atoms with Crippen LogP contribution < -0.4 is 5.73 Å². The molecule has 4 atom stereocenters. The maximum atomic E-state index is 11.1. The summed E-state index contributed by atoms with van der Waals surface area (Å²) < 4.78 is 4.45. The molecule has 0 aliphatic rings. The zero-order valence-corrected chi connectivity index (χ0v) is 9.47. The fourth-order valence-corrected chi connectivity index (χ4v) is 1.01. The highest BCUT2D eigenvalue weighted by Crippen LogP contribution is 2.02. The van der Waals surface area contributed by atoms with Crippen molar-refractivity contribution in [3.63, 3.8) is 0 Å². The molecule has 0 heterocycles. The molecule has 0 saturated carbocycles. The Bertz CT molecular complexity index is 284. The van der Waals surface area contributed by atoms with E-state index < -0.39 is 55.9 Å². The third-order valence-electron chi connectivity index (χ3n) is 2.07. The van der Waals surface area contributed by atoms with Gasteiger partial charge in [0.15, 0.2) is 0 Å². The van der Waals surface area contributed by atoms with Gasteiger partial charge in [-0.3, -0.25) is 9.59 Å². The van der Waals surface area contributed by atoms with Crippen LogP contribution in [-0.4, -0.2) is 75.0 Å². The van der Waals surface area contributed by atoms with Crippen molar-refractivity contribution in [2.24, 2.45) is 5.73 Å². The fraction of sp³-hybridized carbons (Fsp3) is 0.778. The average Bonchev–Trinajstić information content (AvgIpc) is 2.32. The lowest BCUT2D eigenvalue weighted by Crippen LogP contribution is -2.43. The molecule has 0 radical (unpaired) electrons. The number of carboxylic acid groups (broad SMARTS) is 1. The van der Waals surface area contributed by atoms with Gasteiger partial charge >= 0.3 is 11.9 Å². The van der Waals surface area contributed by atoms with Crippen LogP contribution in [0.2, 0.25) is 0 Å². The smallest absolute Gasteiger partial charge is 0.323 e. The van der Waals surface area contributed by atoms with Crippen LogP contribution >= 0.6 is 0 Å². The molecule has 0 aromatic carbocycles. The van der Waals surface area contributed by atoms with Gasteiger partial charge in [-0.15, -0.1) is 0 Å². The Hall–Kier alpha value is -1.26. The third-order valence-corrected chi connectivity index (χ3v) is 2.07. The van der Waals surface area contributed by atoms with Gasteiger partial charge in [0.1, 0.15) is 31.0 Å². The SMILES string of the molecule is N[C@H](CC(=O)O)C(=O)OC[C@@H](O)[C@H](O)[C@H](O)CO. The highest BCUT2D eigenvalue weighted by atomic mass is 16.5. The molecular formula is C9H17NO8. The summed E-state index contributed by atoms with van der Waals surface area (Å²) >= 11 is 0. The first-order chi connectivity index (χ1) is 8.29. The lowest BCUT2D eigenvalue weighted by Gasteiger charge is -2.21. The van der Waals surface area contributed by atoms with Crippen LogP contribution in [0.3, 0.4) is 0 Å². The molecule has 0 spiro atoms. The molecule has 7 N–H and O–H groups in total. The summed E-state index contributed by atoms with van der Waals surface area (Å²) in [7, 11) is 0. The number of aliphatic carboxylic acids is 1. The number of carbonyl (C=O) groups is 2. The van der Waals surface area contributed by atoms with Gasteiger partial charge in [0.2, 0.25) is 0 Å². The second-order valence-electron chi connectivity index (χ2n) is 3.64. The van der Waals surface area contributed by atoms with Gasteiger partial charge in [0, 0.05) is 0 Å². The van der Waals surface area contributed by atoms with E-state index in [1.54, 1.807) is 0 Å². The van der Waals surface area contributed by atoms with E-state index in [0.717, 1.165) is 0 Å². The maximum Gasteiger partial charge on any atom is 0.323 e. The van der Waals surface area contributed by atoms with Crippen LogP contribution in [0, 0.1) is 0 Å². The minimum atomic E-state index is -1.70. The minimum absolute atomic E-state index is 0.628. The molecule has 0 amide bonds. The van der Waals surface area contributed by atoms with E-state index >= 15 is 0 Å². The van der Waals surface area contributed by atoms with E-state index in [9.17, 15) is 19.8 Å². The van der Waals surface area contributed by atoms with E-state index in [0.29, 0.717) is 0 Å². The van der Waals surface area contributed by atoms with E-state index in [1.165, 1.54) is 0 Å². The molecule has 9 heteroatoms. The van der Waals surface area contributed by atoms with Gasteiger partial charge in [-0.25, -0.2) is 0 Å². The Morgan fingerprint density at radius 1 is 1.17 bits per heavy atom. The van der Waals surface area contributed by atoms with Gasteiger partial charge in [-0.1, -0.05) is 0 Å². The lowest BCUT2D eigenvalue weighted by molar-refractivity contribution is -0.156. The number of esters is 1. The predicted molar refractivity (Wildman–Crippen MR) is 56.3 cm³/mol. The summed E-state index contributed by atoms with van der Waals surface area (Å²) in [4.78, 5) is 21.4. The molecular weight excluding hydrogens is 250 g/mol. The number of rotatable bonds is 8. The van der Waals surface area contributed by atoms with Crippen molar-refractivity contribution in [1.82, 2.24) is 0 Å². The summed E-state index contributed by atoms with van der Waals surface area (Å²) in [6.07, 6.45) is -5.52. The number of ether oxygens (including phenoxy) is 1. The van der Waals surface area contributed by atoms with Gasteiger partial charge in [-0.05, 0) is 0 Å². The summed E-state index contributed by atoms with van der Waals surface area (Å²) in [6, 6.07) is -1.38. The monoisotopic (exact) mass is 267 g/mol. The van der Waals surface area contributed by atoms with Crippen molar-refractivity contribution >= 4 is 11.9 Å². The number of carbonyl (C=O) groups excluding carboxylic acids is 1. The first-order valence-electron chi connectivity index (χ1n) is 5.08. The Balaban J connectivity index is 4.08. The van der Waals surface area contributed by atoms with Crippen LogP contribution in [0.15, 0.2) is 0 Å². The minimum Gasteiger partial charge on any atom is -0.481 e. The second-order valence-corrected chi connectivity index (χ2v) is 3.64. The molecule has 0 fully saturated rings. The van der Waals surface area contributed by atoms with E-state index in [2.05, 4.69) is 4.74 Å². The summed E-state index contributed by atoms with van der Waals surface area (Å²) in [6.45, 7) is -1.45. The topological polar surface area (TPSA) is 171 Å². The predicted octanol–water partition coefficient (Wildman–Crippen LogP) is -3.59. The fourth-order valence-electron chi connectivity index (χ4n) is 1.01. The molecule has 0 unspecified atom stereocenters. The third kappa shape index (κ3) is 5.89. The Morgan fingerprint density at radius 2 is 1.72 bits per heavy atom. The number of hydrogen-bond donors (Lipinski definition) is 6. The Labute approximate surface area is 102 Å². The summed E-state index contributed by atoms with van der Waals surface area (Å²) in [5.41, 5.74) is 5.18. The zero-order chi connectivity index (χ0) is 14.3. The van der Waals surface area contributed by atoms with Crippen LogP contribution in [-0.2, 0) is 14.3 Å². The van der Waals surface area contributed by atoms with Crippen molar-refractivity contribution in [1.29, 1.82) is 0 Å². The largest absolute Gasteiger partial charge is 0.481 e. The maximum absolute atomic E-state index is 11.1. The molecule has 0 rings (SSSR count). The van der Waals surface area contributed by atoms with E-state index in [1.807, 2.05) is 0 Å². The second kappa shape index (κ2) is 7.95. The Morgan fingerprint density at radius 3 is 2.17 bits per heavy atom. The van der Waals surface area contributed by atoms with Crippen LogP contribution in [0.1, 0.15) is 6.42 Å². The van der Waals surface area contributed by atoms with Crippen LogP contribution in [0.4, 0.5) is 0 Å². The average molecular weight is 267 g/mol. The number of carboxylic acids is 1. The summed E-state index contributed by atoms with van der Waals surface area (Å²) in [5, 5.41) is 44.3. The van der Waals surface area contributed by atoms with Crippen LogP contribution in [0.25, 0.3) is 0 Å². The van der Waals surface area contributed by atoms with Crippen molar-refractivity contribution in [3.05, 3.63) is 0 Å². The molecule has 0 aromatic rings. The van der Waals surface area contributed by atoms with Gasteiger partial charge in [-0.2, -0.15) is 0 Å². The Kier molecular flexibility index (Phi) is 7.39. The molecule has 106 valence electrons.